The zero-order valence-electron chi connectivity index (χ0n) is 12.4. The molecule has 21 heavy (non-hydrogen) atoms. The minimum Gasteiger partial charge on any atom is -0.481 e. The Bertz CT molecular complexity index is 580. The second kappa shape index (κ2) is 7.04. The first kappa shape index (κ1) is 15.3. The molecule has 0 saturated heterocycles. The van der Waals surface area contributed by atoms with Crippen LogP contribution in [0.5, 0.6) is 0 Å². The molecule has 112 valence electrons. The van der Waals surface area contributed by atoms with E-state index < -0.39 is 5.97 Å². The molecule has 0 aliphatic rings. The van der Waals surface area contributed by atoms with E-state index in [1.807, 2.05) is 61.1 Å². The minimum absolute atomic E-state index is 0.00521. The summed E-state index contributed by atoms with van der Waals surface area (Å²) in [5, 5.41) is 13.5. The molecular weight excluding hydrogens is 266 g/mol. The molecule has 0 saturated carbocycles. The Morgan fingerprint density at radius 2 is 2.05 bits per heavy atom. The fourth-order valence-electron chi connectivity index (χ4n) is 2.34. The summed E-state index contributed by atoms with van der Waals surface area (Å²) in [5.74, 6) is -0.768. The fourth-order valence-corrected chi connectivity index (χ4v) is 2.34. The van der Waals surface area contributed by atoms with Crippen molar-refractivity contribution in [2.45, 2.75) is 32.9 Å². The van der Waals surface area contributed by atoms with Gasteiger partial charge in [-0.1, -0.05) is 25.1 Å². The Labute approximate surface area is 124 Å². The highest BCUT2D eigenvalue weighted by molar-refractivity contribution is 5.67. The number of carboxylic acids is 1. The highest BCUT2D eigenvalue weighted by Crippen LogP contribution is 2.11. The van der Waals surface area contributed by atoms with E-state index in [0.29, 0.717) is 6.54 Å². The highest BCUT2D eigenvalue weighted by Gasteiger charge is 2.16. The van der Waals surface area contributed by atoms with Crippen molar-refractivity contribution in [3.05, 3.63) is 48.3 Å². The highest BCUT2D eigenvalue weighted by atomic mass is 16.4. The van der Waals surface area contributed by atoms with E-state index in [1.165, 1.54) is 0 Å². The largest absolute Gasteiger partial charge is 0.481 e. The number of hydrogen-bond acceptors (Lipinski definition) is 3. The van der Waals surface area contributed by atoms with Gasteiger partial charge in [0.15, 0.2) is 0 Å². The quantitative estimate of drug-likeness (QED) is 0.850. The molecule has 5 nitrogen and oxygen atoms in total. The first-order valence-electron chi connectivity index (χ1n) is 7.16. The van der Waals surface area contributed by atoms with Crippen LogP contribution in [-0.4, -0.2) is 38.3 Å². The van der Waals surface area contributed by atoms with Gasteiger partial charge in [-0.15, -0.1) is 0 Å². The molecule has 0 fully saturated rings. The standard InChI is InChI=1S/C16H21N3O2/c1-3-18(13(2)11-16(20)21)12-14-9-10-19(17-14)15-7-5-4-6-8-15/h4-10,13H,3,11-12H2,1-2H3,(H,20,21). The number of benzene rings is 1. The van der Waals surface area contributed by atoms with Gasteiger partial charge in [-0.05, 0) is 31.7 Å². The van der Waals surface area contributed by atoms with Crippen LogP contribution < -0.4 is 0 Å². The van der Waals surface area contributed by atoms with Crippen molar-refractivity contribution in [1.82, 2.24) is 14.7 Å². The van der Waals surface area contributed by atoms with Crippen LogP contribution in [0.25, 0.3) is 5.69 Å². The van der Waals surface area contributed by atoms with Gasteiger partial charge in [0.25, 0.3) is 0 Å². The Morgan fingerprint density at radius 3 is 2.67 bits per heavy atom. The zero-order valence-corrected chi connectivity index (χ0v) is 12.4. The summed E-state index contributed by atoms with van der Waals surface area (Å²) in [7, 11) is 0. The first-order valence-corrected chi connectivity index (χ1v) is 7.16. The lowest BCUT2D eigenvalue weighted by Crippen LogP contribution is -2.34. The lowest BCUT2D eigenvalue weighted by Gasteiger charge is -2.25. The fraction of sp³-hybridized carbons (Fsp3) is 0.375. The topological polar surface area (TPSA) is 58.4 Å². The van der Waals surface area contributed by atoms with Crippen molar-refractivity contribution in [1.29, 1.82) is 0 Å². The lowest BCUT2D eigenvalue weighted by atomic mass is 10.2. The maximum absolute atomic E-state index is 10.8. The molecule has 0 radical (unpaired) electrons. The predicted octanol–water partition coefficient (Wildman–Crippen LogP) is 2.56. The zero-order chi connectivity index (χ0) is 15.2. The van der Waals surface area contributed by atoms with Gasteiger partial charge in [-0.2, -0.15) is 5.10 Å². The van der Waals surface area contributed by atoms with E-state index in [0.717, 1.165) is 17.9 Å². The summed E-state index contributed by atoms with van der Waals surface area (Å²) >= 11 is 0. The maximum atomic E-state index is 10.8. The number of aliphatic carboxylic acids is 1. The van der Waals surface area contributed by atoms with Gasteiger partial charge in [0.05, 0.1) is 17.8 Å². The van der Waals surface area contributed by atoms with Crippen LogP contribution in [0.3, 0.4) is 0 Å². The summed E-state index contributed by atoms with van der Waals surface area (Å²) < 4.78 is 1.84. The molecule has 5 heteroatoms. The average molecular weight is 287 g/mol. The maximum Gasteiger partial charge on any atom is 0.304 e. The summed E-state index contributed by atoms with van der Waals surface area (Å²) in [6.07, 6.45) is 2.08. The molecule has 1 N–H and O–H groups in total. The van der Waals surface area contributed by atoms with Crippen LogP contribution in [0, 0.1) is 0 Å². The van der Waals surface area contributed by atoms with E-state index in [2.05, 4.69) is 10.00 Å². The Kier molecular flexibility index (Phi) is 5.11. The number of para-hydroxylation sites is 1. The van der Waals surface area contributed by atoms with E-state index in [-0.39, 0.29) is 12.5 Å². The van der Waals surface area contributed by atoms with Crippen LogP contribution in [0.1, 0.15) is 26.0 Å². The van der Waals surface area contributed by atoms with Crippen molar-refractivity contribution in [2.24, 2.45) is 0 Å². The predicted molar refractivity (Wildman–Crippen MR) is 81.4 cm³/mol. The smallest absolute Gasteiger partial charge is 0.304 e. The third-order valence-corrected chi connectivity index (χ3v) is 3.53. The Balaban J connectivity index is 2.05. The monoisotopic (exact) mass is 287 g/mol. The van der Waals surface area contributed by atoms with Crippen LogP contribution in [0.15, 0.2) is 42.6 Å². The van der Waals surface area contributed by atoms with E-state index >= 15 is 0 Å². The normalized spacial score (nSPS) is 12.5. The van der Waals surface area contributed by atoms with Gasteiger partial charge in [0.1, 0.15) is 0 Å². The Hall–Kier alpha value is -2.14. The number of carboxylic acid groups (broad SMARTS) is 1. The molecule has 1 atom stereocenters. The summed E-state index contributed by atoms with van der Waals surface area (Å²) in [6.45, 7) is 5.43. The lowest BCUT2D eigenvalue weighted by molar-refractivity contribution is -0.138. The molecule has 2 aromatic rings. The molecule has 0 bridgehead atoms. The number of hydrogen-bond donors (Lipinski definition) is 1. The molecule has 2 rings (SSSR count). The molecule has 0 aliphatic heterocycles. The third-order valence-electron chi connectivity index (χ3n) is 3.53. The molecule has 1 aromatic heterocycles. The number of nitrogens with zero attached hydrogens (tertiary/aromatic N) is 3. The van der Waals surface area contributed by atoms with Crippen LogP contribution in [0.4, 0.5) is 0 Å². The van der Waals surface area contributed by atoms with E-state index in [4.69, 9.17) is 5.11 Å². The molecule has 0 aliphatic carbocycles. The molecule has 0 amide bonds. The first-order chi connectivity index (χ1) is 10.1. The molecule has 1 unspecified atom stereocenters. The molecule has 0 spiro atoms. The van der Waals surface area contributed by atoms with Gasteiger partial charge < -0.3 is 5.11 Å². The summed E-state index contributed by atoms with van der Waals surface area (Å²) in [5.41, 5.74) is 1.96. The summed E-state index contributed by atoms with van der Waals surface area (Å²) in [6, 6.07) is 11.9. The minimum atomic E-state index is -0.768. The van der Waals surface area contributed by atoms with Gasteiger partial charge in [0.2, 0.25) is 0 Å². The van der Waals surface area contributed by atoms with Gasteiger partial charge in [-0.25, -0.2) is 4.68 Å². The van der Waals surface area contributed by atoms with Crippen molar-refractivity contribution < 1.29 is 9.90 Å². The molecule has 1 aromatic carbocycles. The van der Waals surface area contributed by atoms with E-state index in [9.17, 15) is 4.79 Å². The second-order valence-electron chi connectivity index (χ2n) is 5.10. The van der Waals surface area contributed by atoms with Crippen molar-refractivity contribution in [3.8, 4) is 5.69 Å². The summed E-state index contributed by atoms with van der Waals surface area (Å²) in [4.78, 5) is 12.9. The van der Waals surface area contributed by atoms with Crippen molar-refractivity contribution >= 4 is 5.97 Å². The Morgan fingerprint density at radius 1 is 1.33 bits per heavy atom. The van der Waals surface area contributed by atoms with Gasteiger partial charge >= 0.3 is 5.97 Å². The van der Waals surface area contributed by atoms with Crippen LogP contribution >= 0.6 is 0 Å². The van der Waals surface area contributed by atoms with Crippen molar-refractivity contribution in [2.75, 3.05) is 6.54 Å². The number of aromatic nitrogens is 2. The SMILES string of the molecule is CCN(Cc1ccn(-c2ccccc2)n1)C(C)CC(=O)O. The van der Waals surface area contributed by atoms with E-state index in [1.54, 1.807) is 0 Å². The number of carbonyl (C=O) groups is 1. The van der Waals surface area contributed by atoms with Gasteiger partial charge in [-0.3, -0.25) is 9.69 Å². The molecular formula is C16H21N3O2. The van der Waals surface area contributed by atoms with Crippen LogP contribution in [0.2, 0.25) is 0 Å². The van der Waals surface area contributed by atoms with Gasteiger partial charge in [0, 0.05) is 18.8 Å². The number of rotatable bonds is 7. The molecule has 1 heterocycles. The third kappa shape index (κ3) is 4.16. The average Bonchev–Trinajstić information content (AvgIpc) is 2.93. The van der Waals surface area contributed by atoms with Crippen LogP contribution in [-0.2, 0) is 11.3 Å². The second-order valence-corrected chi connectivity index (χ2v) is 5.10. The van der Waals surface area contributed by atoms with Crippen molar-refractivity contribution in [3.63, 3.8) is 0 Å².